The van der Waals surface area contributed by atoms with Crippen LogP contribution in [0.1, 0.15) is 46.5 Å². The second-order valence-electron chi connectivity index (χ2n) is 6.10. The summed E-state index contributed by atoms with van der Waals surface area (Å²) in [5, 5.41) is 0. The summed E-state index contributed by atoms with van der Waals surface area (Å²) >= 11 is 0. The van der Waals surface area contributed by atoms with Crippen molar-refractivity contribution in [3.63, 3.8) is 0 Å². The smallest absolute Gasteiger partial charge is 0.0140 e. The summed E-state index contributed by atoms with van der Waals surface area (Å²) in [7, 11) is 0. The van der Waals surface area contributed by atoms with Crippen molar-refractivity contribution in [2.45, 2.75) is 46.5 Å². The van der Waals surface area contributed by atoms with Gasteiger partial charge in [-0.3, -0.25) is 0 Å². The van der Waals surface area contributed by atoms with Crippen LogP contribution in [0.3, 0.4) is 0 Å². The molecule has 2 bridgehead atoms. The molecule has 1 radical (unpaired) electrons. The van der Waals surface area contributed by atoms with E-state index in [9.17, 15) is 0 Å². The number of hydrogen-bond donors (Lipinski definition) is 0. The Morgan fingerprint density at radius 1 is 1.40 bits per heavy atom. The van der Waals surface area contributed by atoms with Gasteiger partial charge in [0.2, 0.25) is 0 Å². The molecule has 0 heteroatoms. The van der Waals surface area contributed by atoms with Crippen molar-refractivity contribution < 1.29 is 0 Å². The van der Waals surface area contributed by atoms with Gasteiger partial charge < -0.3 is 0 Å². The molecule has 4 unspecified atom stereocenters. The van der Waals surface area contributed by atoms with E-state index in [4.69, 9.17) is 0 Å². The van der Waals surface area contributed by atoms with Crippen LogP contribution in [0.4, 0.5) is 0 Å². The lowest BCUT2D eigenvalue weighted by Gasteiger charge is -2.61. The van der Waals surface area contributed by atoms with Gasteiger partial charge >= 0.3 is 0 Å². The van der Waals surface area contributed by atoms with Gasteiger partial charge in [-0.1, -0.05) is 33.3 Å². The first-order chi connectivity index (χ1) is 7.11. The monoisotopic (exact) mass is 205 g/mol. The predicted molar refractivity (Wildman–Crippen MR) is 66.4 cm³/mol. The molecule has 3 aliphatic rings. The third-order valence-corrected chi connectivity index (χ3v) is 5.32. The summed E-state index contributed by atoms with van der Waals surface area (Å²) in [6.07, 6.45) is 10.1. The molecule has 0 aromatic rings. The molecular formula is C15H25. The van der Waals surface area contributed by atoms with Gasteiger partial charge in [0.05, 0.1) is 0 Å². The molecule has 0 N–H and O–H groups in total. The topological polar surface area (TPSA) is 0 Å². The third-order valence-electron chi connectivity index (χ3n) is 5.32. The third kappa shape index (κ3) is 1.66. The Labute approximate surface area is 95.1 Å². The Morgan fingerprint density at radius 2 is 2.13 bits per heavy atom. The zero-order valence-corrected chi connectivity index (χ0v) is 10.5. The van der Waals surface area contributed by atoms with Crippen molar-refractivity contribution >= 4 is 0 Å². The van der Waals surface area contributed by atoms with E-state index in [0.717, 1.165) is 23.7 Å². The van der Waals surface area contributed by atoms with Crippen LogP contribution in [0.2, 0.25) is 0 Å². The molecule has 3 fully saturated rings. The van der Waals surface area contributed by atoms with Crippen LogP contribution in [0.25, 0.3) is 0 Å². The predicted octanol–water partition coefficient (Wildman–Crippen LogP) is 4.48. The minimum atomic E-state index is 0.630. The molecule has 0 heterocycles. The van der Waals surface area contributed by atoms with E-state index in [2.05, 4.69) is 33.8 Å². The molecule has 3 saturated carbocycles. The zero-order chi connectivity index (χ0) is 11.1. The summed E-state index contributed by atoms with van der Waals surface area (Å²) in [6, 6.07) is 0. The summed E-state index contributed by atoms with van der Waals surface area (Å²) in [6.45, 7) is 11.2. The fourth-order valence-electron chi connectivity index (χ4n) is 4.14. The molecule has 85 valence electrons. The minimum Gasteiger partial charge on any atom is -0.103 e. The molecule has 0 spiro atoms. The molecule has 0 amide bonds. The molecule has 0 nitrogen and oxygen atoms in total. The summed E-state index contributed by atoms with van der Waals surface area (Å²) in [5.41, 5.74) is 0.630. The highest BCUT2D eigenvalue weighted by Crippen LogP contribution is 2.63. The van der Waals surface area contributed by atoms with Crippen LogP contribution in [-0.2, 0) is 0 Å². The highest BCUT2D eigenvalue weighted by atomic mass is 14.6. The van der Waals surface area contributed by atoms with Gasteiger partial charge in [0.15, 0.2) is 0 Å². The lowest BCUT2D eigenvalue weighted by molar-refractivity contribution is -0.117. The van der Waals surface area contributed by atoms with Crippen molar-refractivity contribution in [3.8, 4) is 0 Å². The maximum Gasteiger partial charge on any atom is -0.0140 e. The Morgan fingerprint density at radius 3 is 2.60 bits per heavy atom. The Bertz CT molecular complexity index is 236. The van der Waals surface area contributed by atoms with Gasteiger partial charge in [-0.15, -0.1) is 6.58 Å². The van der Waals surface area contributed by atoms with E-state index in [-0.39, 0.29) is 0 Å². The largest absolute Gasteiger partial charge is 0.103 e. The first-order valence-electron chi connectivity index (χ1n) is 6.57. The highest BCUT2D eigenvalue weighted by Gasteiger charge is 2.55. The fraction of sp³-hybridized carbons (Fsp3) is 0.800. The summed E-state index contributed by atoms with van der Waals surface area (Å²) in [4.78, 5) is 0. The Hall–Kier alpha value is -0.260. The van der Waals surface area contributed by atoms with E-state index in [0.29, 0.717) is 5.41 Å². The SMILES string of the molecule is C=C[CH]C(CC)C1CCC2CC1C2(C)C. The van der Waals surface area contributed by atoms with Gasteiger partial charge in [-0.05, 0) is 54.8 Å². The number of rotatable bonds is 4. The maximum atomic E-state index is 3.86. The molecule has 0 aromatic carbocycles. The van der Waals surface area contributed by atoms with Crippen LogP contribution in [0.5, 0.6) is 0 Å². The van der Waals surface area contributed by atoms with E-state index in [1.807, 2.05) is 6.08 Å². The second kappa shape index (κ2) is 3.96. The Balaban J connectivity index is 2.06. The normalized spacial score (nSPS) is 39.3. The molecule has 0 aliphatic heterocycles. The van der Waals surface area contributed by atoms with Gasteiger partial charge in [0.1, 0.15) is 0 Å². The van der Waals surface area contributed by atoms with Crippen molar-refractivity contribution in [1.82, 2.24) is 0 Å². The summed E-state index contributed by atoms with van der Waals surface area (Å²) < 4.78 is 0. The molecule has 4 atom stereocenters. The fourth-order valence-corrected chi connectivity index (χ4v) is 4.14. The molecule has 3 aliphatic carbocycles. The quantitative estimate of drug-likeness (QED) is 0.635. The van der Waals surface area contributed by atoms with Gasteiger partial charge in [0, 0.05) is 0 Å². The molecule has 0 saturated heterocycles. The number of hydrogen-bond acceptors (Lipinski definition) is 0. The lowest BCUT2D eigenvalue weighted by atomic mass is 9.44. The molecule has 0 aromatic heterocycles. The highest BCUT2D eigenvalue weighted by molar-refractivity contribution is 5.07. The summed E-state index contributed by atoms with van der Waals surface area (Å²) in [5.74, 6) is 3.73. The minimum absolute atomic E-state index is 0.630. The first-order valence-corrected chi connectivity index (χ1v) is 6.57. The molecule has 3 rings (SSSR count). The van der Waals surface area contributed by atoms with E-state index in [1.54, 1.807) is 0 Å². The second-order valence-corrected chi connectivity index (χ2v) is 6.10. The maximum absolute atomic E-state index is 3.86. The number of allylic oxidation sites excluding steroid dienone is 1. The van der Waals surface area contributed by atoms with Gasteiger partial charge in [0.25, 0.3) is 0 Å². The standard InChI is InChI=1S/C15H25/c1-5-7-11(6-2)13-9-8-12-10-14(13)15(12,3)4/h5,7,11-14H,1,6,8-10H2,2-4H3. The van der Waals surface area contributed by atoms with Crippen LogP contribution < -0.4 is 0 Å². The van der Waals surface area contributed by atoms with Crippen LogP contribution >= 0.6 is 0 Å². The van der Waals surface area contributed by atoms with Crippen LogP contribution in [0.15, 0.2) is 12.7 Å². The average molecular weight is 205 g/mol. The van der Waals surface area contributed by atoms with Crippen LogP contribution in [0, 0.1) is 35.5 Å². The van der Waals surface area contributed by atoms with Gasteiger partial charge in [-0.25, -0.2) is 0 Å². The van der Waals surface area contributed by atoms with Crippen molar-refractivity contribution in [2.75, 3.05) is 0 Å². The van der Waals surface area contributed by atoms with Crippen molar-refractivity contribution in [1.29, 1.82) is 0 Å². The van der Waals surface area contributed by atoms with E-state index >= 15 is 0 Å². The van der Waals surface area contributed by atoms with Crippen molar-refractivity contribution in [3.05, 3.63) is 19.1 Å². The lowest BCUT2D eigenvalue weighted by Crippen LogP contribution is -2.53. The van der Waals surface area contributed by atoms with E-state index < -0.39 is 0 Å². The Kier molecular flexibility index (Phi) is 2.96. The first kappa shape index (κ1) is 11.2. The van der Waals surface area contributed by atoms with Gasteiger partial charge in [-0.2, -0.15) is 0 Å². The van der Waals surface area contributed by atoms with Crippen LogP contribution in [-0.4, -0.2) is 0 Å². The van der Waals surface area contributed by atoms with E-state index in [1.165, 1.54) is 25.7 Å². The number of fused-ring (bicyclic) bond motifs is 2. The molecule has 15 heavy (non-hydrogen) atoms. The average Bonchev–Trinajstić information content (AvgIpc) is 2.25. The zero-order valence-electron chi connectivity index (χ0n) is 10.5. The molecular weight excluding hydrogens is 180 g/mol. The van der Waals surface area contributed by atoms with Crippen molar-refractivity contribution in [2.24, 2.45) is 29.1 Å².